The molecule has 1 aliphatic heterocycles. The molecule has 0 aliphatic carbocycles. The number of benzene rings is 1. The third-order valence-electron chi connectivity index (χ3n) is 4.92. The lowest BCUT2D eigenvalue weighted by atomic mass is 10.0. The number of alkyl halides is 3. The summed E-state index contributed by atoms with van der Waals surface area (Å²) in [4.78, 5) is 12.8. The van der Waals surface area contributed by atoms with Crippen molar-refractivity contribution in [2.45, 2.75) is 26.1 Å². The second-order valence-electron chi connectivity index (χ2n) is 7.14. The van der Waals surface area contributed by atoms with Gasteiger partial charge in [0.1, 0.15) is 11.7 Å². The third-order valence-corrected chi connectivity index (χ3v) is 5.31. The summed E-state index contributed by atoms with van der Waals surface area (Å²) in [6, 6.07) is 3.74. The molecule has 8 nitrogen and oxygen atoms in total. The summed E-state index contributed by atoms with van der Waals surface area (Å²) < 4.78 is 62.3. The van der Waals surface area contributed by atoms with E-state index in [2.05, 4.69) is 30.3 Å². The van der Waals surface area contributed by atoms with E-state index >= 15 is 0 Å². The van der Waals surface area contributed by atoms with E-state index in [0.29, 0.717) is 0 Å². The molecule has 3 aromatic heterocycles. The minimum absolute atomic E-state index is 0.0276. The Labute approximate surface area is 188 Å². The van der Waals surface area contributed by atoms with Gasteiger partial charge in [0.15, 0.2) is 11.6 Å². The van der Waals surface area contributed by atoms with Gasteiger partial charge in [-0.2, -0.15) is 13.2 Å². The van der Waals surface area contributed by atoms with Crippen molar-refractivity contribution in [1.82, 2.24) is 29.9 Å². The first-order valence-electron chi connectivity index (χ1n) is 9.51. The van der Waals surface area contributed by atoms with Gasteiger partial charge in [0.25, 0.3) is 5.89 Å². The van der Waals surface area contributed by atoms with Crippen molar-refractivity contribution in [3.05, 3.63) is 69.8 Å². The Balaban J connectivity index is 1.82. The van der Waals surface area contributed by atoms with E-state index in [4.69, 9.17) is 16.0 Å². The molecule has 0 N–H and O–H groups in total. The predicted octanol–water partition coefficient (Wildman–Crippen LogP) is 4.74. The molecule has 0 amide bonds. The van der Waals surface area contributed by atoms with Crippen LogP contribution in [0.4, 0.5) is 17.6 Å². The SMILES string of the molecule is Cc1nnc(-c2nc3n(n2)-c2ccc(C(F)(F)F)c(Cl)c2C(c2ncccc2F)=N[C@H]3C)o1. The molecular formula is C20H12ClF4N7O. The van der Waals surface area contributed by atoms with Gasteiger partial charge >= 0.3 is 6.18 Å². The van der Waals surface area contributed by atoms with Crippen molar-refractivity contribution in [2.75, 3.05) is 0 Å². The van der Waals surface area contributed by atoms with Crippen molar-refractivity contribution >= 4 is 17.3 Å². The molecular weight excluding hydrogens is 466 g/mol. The van der Waals surface area contributed by atoms with Crippen molar-refractivity contribution in [3.8, 4) is 17.4 Å². The molecule has 5 rings (SSSR count). The Kier molecular flexibility index (Phi) is 4.78. The summed E-state index contributed by atoms with van der Waals surface area (Å²) in [7, 11) is 0. The molecule has 1 aromatic carbocycles. The fourth-order valence-electron chi connectivity index (χ4n) is 3.49. The normalized spacial score (nSPS) is 15.6. The van der Waals surface area contributed by atoms with Crippen LogP contribution in [0.1, 0.15) is 41.5 Å². The van der Waals surface area contributed by atoms with Gasteiger partial charge < -0.3 is 4.42 Å². The Morgan fingerprint density at radius 2 is 1.94 bits per heavy atom. The maximum atomic E-state index is 14.7. The van der Waals surface area contributed by atoms with E-state index < -0.39 is 28.6 Å². The number of aryl methyl sites for hydroxylation is 1. The highest BCUT2D eigenvalue weighted by Gasteiger charge is 2.38. The number of nitrogens with zero attached hydrogens (tertiary/aromatic N) is 7. The van der Waals surface area contributed by atoms with Crippen LogP contribution in [0.25, 0.3) is 17.4 Å². The average Bonchev–Trinajstić information content (AvgIpc) is 3.36. The lowest BCUT2D eigenvalue weighted by Gasteiger charge is -2.17. The molecule has 0 unspecified atom stereocenters. The largest absolute Gasteiger partial charge is 0.418 e. The molecule has 1 atom stereocenters. The zero-order chi connectivity index (χ0) is 23.5. The average molecular weight is 478 g/mol. The van der Waals surface area contributed by atoms with E-state index in [0.717, 1.165) is 12.1 Å². The predicted molar refractivity (Wildman–Crippen MR) is 108 cm³/mol. The van der Waals surface area contributed by atoms with Gasteiger partial charge in [0.05, 0.1) is 22.0 Å². The number of pyridine rings is 1. The van der Waals surface area contributed by atoms with Crippen LogP contribution < -0.4 is 0 Å². The summed E-state index contributed by atoms with van der Waals surface area (Å²) in [6.07, 6.45) is -3.44. The smallest absolute Gasteiger partial charge is 0.417 e. The number of hydrogen-bond donors (Lipinski definition) is 0. The topological polar surface area (TPSA) is 94.9 Å². The number of aromatic nitrogens is 6. The second-order valence-corrected chi connectivity index (χ2v) is 7.52. The minimum Gasteiger partial charge on any atom is -0.418 e. The fourth-order valence-corrected chi connectivity index (χ4v) is 3.85. The van der Waals surface area contributed by atoms with Gasteiger partial charge in [0, 0.05) is 18.7 Å². The Hall–Kier alpha value is -3.67. The van der Waals surface area contributed by atoms with E-state index in [1.54, 1.807) is 13.8 Å². The molecule has 0 spiro atoms. The van der Waals surface area contributed by atoms with Gasteiger partial charge in [-0.3, -0.25) is 9.98 Å². The van der Waals surface area contributed by atoms with Crippen LogP contribution in [0, 0.1) is 12.7 Å². The van der Waals surface area contributed by atoms with Crippen LogP contribution in [0.3, 0.4) is 0 Å². The van der Waals surface area contributed by atoms with Crippen LogP contribution >= 0.6 is 11.6 Å². The summed E-state index contributed by atoms with van der Waals surface area (Å²) in [5.74, 6) is -0.143. The monoisotopic (exact) mass is 477 g/mol. The molecule has 1 aliphatic rings. The van der Waals surface area contributed by atoms with E-state index in [1.165, 1.54) is 23.0 Å². The molecule has 0 saturated heterocycles. The Bertz CT molecular complexity index is 1430. The molecule has 33 heavy (non-hydrogen) atoms. The van der Waals surface area contributed by atoms with Crippen LogP contribution in [0.2, 0.25) is 5.02 Å². The first-order chi connectivity index (χ1) is 15.6. The summed E-state index contributed by atoms with van der Waals surface area (Å²) in [5, 5.41) is 11.3. The lowest BCUT2D eigenvalue weighted by Crippen LogP contribution is -2.16. The van der Waals surface area contributed by atoms with Gasteiger partial charge in [0.2, 0.25) is 11.7 Å². The van der Waals surface area contributed by atoms with Gasteiger partial charge in [-0.25, -0.2) is 14.1 Å². The standard InChI is InChI=1S/C20H12ClF4N7O/c1-8-18-28-17(19-30-29-9(2)33-19)31-32(18)12-6-5-10(20(23,24)25)14(21)13(12)16(27-8)15-11(22)4-3-7-26-15/h3-8H,1-2H3/t8-/m0/s1. The van der Waals surface area contributed by atoms with Crippen molar-refractivity contribution in [2.24, 2.45) is 4.99 Å². The van der Waals surface area contributed by atoms with Crippen molar-refractivity contribution in [3.63, 3.8) is 0 Å². The highest BCUT2D eigenvalue weighted by atomic mass is 35.5. The number of rotatable bonds is 2. The maximum Gasteiger partial charge on any atom is 0.417 e. The first kappa shape index (κ1) is 21.2. The molecule has 0 radical (unpaired) electrons. The minimum atomic E-state index is -4.75. The van der Waals surface area contributed by atoms with Crippen LogP contribution in [0.5, 0.6) is 0 Å². The zero-order valence-corrected chi connectivity index (χ0v) is 17.6. The zero-order valence-electron chi connectivity index (χ0n) is 16.9. The molecule has 0 fully saturated rings. The lowest BCUT2D eigenvalue weighted by molar-refractivity contribution is -0.137. The fraction of sp³-hybridized carbons (Fsp3) is 0.200. The molecule has 0 saturated carbocycles. The third kappa shape index (κ3) is 3.46. The van der Waals surface area contributed by atoms with Crippen molar-refractivity contribution in [1.29, 1.82) is 0 Å². The van der Waals surface area contributed by atoms with E-state index in [9.17, 15) is 17.6 Å². The molecule has 168 valence electrons. The Morgan fingerprint density at radius 1 is 1.15 bits per heavy atom. The molecule has 13 heteroatoms. The molecule has 0 bridgehead atoms. The second kappa shape index (κ2) is 7.44. The number of aliphatic imine (C=N–C) groups is 1. The molecule has 4 heterocycles. The Morgan fingerprint density at radius 3 is 2.61 bits per heavy atom. The summed E-state index contributed by atoms with van der Waals surface area (Å²) in [6.45, 7) is 3.22. The van der Waals surface area contributed by atoms with E-state index in [-0.39, 0.29) is 46.1 Å². The summed E-state index contributed by atoms with van der Waals surface area (Å²) >= 11 is 6.27. The number of fused-ring (bicyclic) bond motifs is 3. The van der Waals surface area contributed by atoms with Crippen LogP contribution in [-0.2, 0) is 6.18 Å². The van der Waals surface area contributed by atoms with Gasteiger partial charge in [-0.1, -0.05) is 11.6 Å². The van der Waals surface area contributed by atoms with Crippen LogP contribution in [-0.4, -0.2) is 35.7 Å². The number of hydrogen-bond acceptors (Lipinski definition) is 7. The van der Waals surface area contributed by atoms with E-state index in [1.807, 2.05) is 0 Å². The summed E-state index contributed by atoms with van der Waals surface area (Å²) in [5.41, 5.74) is -1.55. The quantitative estimate of drug-likeness (QED) is 0.387. The number of halogens is 5. The molecule has 4 aromatic rings. The van der Waals surface area contributed by atoms with Gasteiger partial charge in [-0.15, -0.1) is 15.3 Å². The van der Waals surface area contributed by atoms with Crippen molar-refractivity contribution < 1.29 is 22.0 Å². The highest BCUT2D eigenvalue weighted by molar-refractivity contribution is 6.37. The first-order valence-corrected chi connectivity index (χ1v) is 9.89. The van der Waals surface area contributed by atoms with Gasteiger partial charge in [-0.05, 0) is 31.2 Å². The highest BCUT2D eigenvalue weighted by Crippen LogP contribution is 2.41. The van der Waals surface area contributed by atoms with Crippen LogP contribution in [0.15, 0.2) is 39.9 Å². The maximum absolute atomic E-state index is 14.7.